The number of carbonyl (C=O) groups is 1. The number of hydrogen-bond donors (Lipinski definition) is 1. The second-order valence-electron chi connectivity index (χ2n) is 6.88. The monoisotopic (exact) mass is 395 g/mol. The summed E-state index contributed by atoms with van der Waals surface area (Å²) in [5, 5.41) is 7.83. The Hall–Kier alpha value is -2.92. The Labute approximate surface area is 169 Å². The van der Waals surface area contributed by atoms with E-state index < -0.39 is 6.04 Å². The van der Waals surface area contributed by atoms with Gasteiger partial charge in [0.2, 0.25) is 5.91 Å². The van der Waals surface area contributed by atoms with Crippen LogP contribution in [0.15, 0.2) is 53.3 Å². The van der Waals surface area contributed by atoms with Gasteiger partial charge in [0.1, 0.15) is 6.04 Å². The molecule has 0 fully saturated rings. The van der Waals surface area contributed by atoms with Gasteiger partial charge in [-0.1, -0.05) is 29.8 Å². The highest BCUT2D eigenvalue weighted by Crippen LogP contribution is 2.24. The van der Waals surface area contributed by atoms with E-state index in [1.165, 1.54) is 16.3 Å². The van der Waals surface area contributed by atoms with Crippen LogP contribution in [0.25, 0.3) is 11.3 Å². The maximum atomic E-state index is 12.7. The van der Waals surface area contributed by atoms with Gasteiger partial charge in [-0.05, 0) is 68.7 Å². The summed E-state index contributed by atoms with van der Waals surface area (Å²) in [6, 6.07) is 13.6. The van der Waals surface area contributed by atoms with Crippen molar-refractivity contribution < 1.29 is 4.79 Å². The van der Waals surface area contributed by atoms with Gasteiger partial charge in [0.05, 0.1) is 5.69 Å². The van der Waals surface area contributed by atoms with Crippen molar-refractivity contribution >= 4 is 23.2 Å². The third kappa shape index (κ3) is 3.99. The van der Waals surface area contributed by atoms with Crippen LogP contribution in [0.2, 0.25) is 5.02 Å². The first kappa shape index (κ1) is 19.8. The van der Waals surface area contributed by atoms with E-state index in [-0.39, 0.29) is 11.5 Å². The average molecular weight is 396 g/mol. The molecule has 3 rings (SSSR count). The minimum atomic E-state index is -0.780. The molecule has 0 aliphatic rings. The average Bonchev–Trinajstić information content (AvgIpc) is 2.67. The lowest BCUT2D eigenvalue weighted by Gasteiger charge is -2.16. The minimum absolute atomic E-state index is 0.335. The standard InChI is InChI=1S/C22H22ClN3O2/c1-13-8-9-17(12-14(13)2)20-10-11-21(27)26(25-20)16(4)22(28)24-19-7-5-6-18(23)15(19)3/h5-12,16H,1-4H3,(H,24,28). The lowest BCUT2D eigenvalue weighted by molar-refractivity contribution is -0.119. The Bertz CT molecular complexity index is 1110. The molecule has 1 atom stereocenters. The normalized spacial score (nSPS) is 11.9. The number of carbonyl (C=O) groups excluding carboxylic acids is 1. The Morgan fingerprint density at radius 3 is 2.54 bits per heavy atom. The van der Waals surface area contributed by atoms with Crippen LogP contribution in [-0.4, -0.2) is 15.7 Å². The van der Waals surface area contributed by atoms with Gasteiger partial charge in [-0.15, -0.1) is 0 Å². The summed E-state index contributed by atoms with van der Waals surface area (Å²) in [4.78, 5) is 25.1. The number of aryl methyl sites for hydroxylation is 2. The van der Waals surface area contributed by atoms with Crippen molar-refractivity contribution in [2.24, 2.45) is 0 Å². The zero-order valence-corrected chi connectivity index (χ0v) is 17.0. The molecule has 0 radical (unpaired) electrons. The van der Waals surface area contributed by atoms with Crippen LogP contribution in [0.4, 0.5) is 5.69 Å². The van der Waals surface area contributed by atoms with Gasteiger partial charge in [-0.3, -0.25) is 9.59 Å². The Kier molecular flexibility index (Phi) is 5.66. The van der Waals surface area contributed by atoms with Crippen LogP contribution >= 0.6 is 11.6 Å². The fourth-order valence-corrected chi connectivity index (χ4v) is 3.02. The topological polar surface area (TPSA) is 64.0 Å². The summed E-state index contributed by atoms with van der Waals surface area (Å²) >= 11 is 6.11. The molecule has 28 heavy (non-hydrogen) atoms. The van der Waals surface area contributed by atoms with Crippen molar-refractivity contribution in [1.29, 1.82) is 0 Å². The van der Waals surface area contributed by atoms with Gasteiger partial charge in [0.25, 0.3) is 5.56 Å². The number of hydrogen-bond acceptors (Lipinski definition) is 3. The van der Waals surface area contributed by atoms with Crippen LogP contribution in [0.5, 0.6) is 0 Å². The van der Waals surface area contributed by atoms with Crippen LogP contribution < -0.4 is 10.9 Å². The molecule has 0 saturated heterocycles. The molecule has 144 valence electrons. The molecule has 1 unspecified atom stereocenters. The van der Waals surface area contributed by atoms with Gasteiger partial charge in [-0.25, -0.2) is 4.68 Å². The van der Waals surface area contributed by atoms with Gasteiger partial charge >= 0.3 is 0 Å². The van der Waals surface area contributed by atoms with E-state index >= 15 is 0 Å². The quantitative estimate of drug-likeness (QED) is 0.697. The molecular weight excluding hydrogens is 374 g/mol. The number of anilines is 1. The first-order valence-corrected chi connectivity index (χ1v) is 9.39. The number of benzene rings is 2. The summed E-state index contributed by atoms with van der Waals surface area (Å²) in [5.74, 6) is -0.336. The Morgan fingerprint density at radius 1 is 1.07 bits per heavy atom. The summed E-state index contributed by atoms with van der Waals surface area (Å²) in [6.07, 6.45) is 0. The van der Waals surface area contributed by atoms with Crippen molar-refractivity contribution in [2.75, 3.05) is 5.32 Å². The van der Waals surface area contributed by atoms with Crippen LogP contribution in [-0.2, 0) is 4.79 Å². The zero-order chi connectivity index (χ0) is 20.4. The molecule has 2 aromatic carbocycles. The van der Waals surface area contributed by atoms with Crippen molar-refractivity contribution in [3.63, 3.8) is 0 Å². The lowest BCUT2D eigenvalue weighted by Crippen LogP contribution is -2.33. The molecule has 5 nitrogen and oxygen atoms in total. The molecule has 0 saturated carbocycles. The molecule has 1 aromatic heterocycles. The summed E-state index contributed by atoms with van der Waals surface area (Å²) in [5.41, 5.74) is 4.91. The number of nitrogens with one attached hydrogen (secondary N) is 1. The molecule has 3 aromatic rings. The maximum Gasteiger partial charge on any atom is 0.267 e. The number of halogens is 1. The van der Waals surface area contributed by atoms with E-state index in [1.807, 2.05) is 39.0 Å². The third-order valence-corrected chi connectivity index (χ3v) is 5.31. The molecular formula is C22H22ClN3O2. The lowest BCUT2D eigenvalue weighted by atomic mass is 10.0. The molecule has 1 N–H and O–H groups in total. The number of nitrogens with zero attached hydrogens (tertiary/aromatic N) is 2. The molecule has 1 heterocycles. The van der Waals surface area contributed by atoms with Crippen molar-refractivity contribution in [2.45, 2.75) is 33.7 Å². The highest BCUT2D eigenvalue weighted by atomic mass is 35.5. The van der Waals surface area contributed by atoms with Gasteiger partial charge in [-0.2, -0.15) is 5.10 Å². The van der Waals surface area contributed by atoms with Gasteiger partial charge in [0, 0.05) is 22.3 Å². The first-order valence-electron chi connectivity index (χ1n) is 9.01. The number of amides is 1. The van der Waals surface area contributed by atoms with Crippen LogP contribution in [0, 0.1) is 20.8 Å². The van der Waals surface area contributed by atoms with Gasteiger partial charge in [0.15, 0.2) is 0 Å². The molecule has 1 amide bonds. The zero-order valence-electron chi connectivity index (χ0n) is 16.3. The predicted molar refractivity (Wildman–Crippen MR) is 113 cm³/mol. The Morgan fingerprint density at radius 2 is 1.82 bits per heavy atom. The van der Waals surface area contributed by atoms with Crippen LogP contribution in [0.1, 0.15) is 29.7 Å². The molecule has 0 spiro atoms. The second-order valence-corrected chi connectivity index (χ2v) is 7.29. The predicted octanol–water partition coefficient (Wildman–Crippen LogP) is 4.69. The van der Waals surface area contributed by atoms with Crippen molar-refractivity contribution in [3.05, 3.63) is 80.6 Å². The van der Waals surface area contributed by atoms with Gasteiger partial charge < -0.3 is 5.32 Å². The molecule has 0 bridgehead atoms. The molecule has 0 aliphatic heterocycles. The Balaban J connectivity index is 1.91. The smallest absolute Gasteiger partial charge is 0.267 e. The summed E-state index contributed by atoms with van der Waals surface area (Å²) in [6.45, 7) is 7.54. The summed E-state index contributed by atoms with van der Waals surface area (Å²) < 4.78 is 1.21. The first-order chi connectivity index (χ1) is 13.3. The fraction of sp³-hybridized carbons (Fsp3) is 0.227. The molecule has 6 heteroatoms. The second kappa shape index (κ2) is 7.98. The third-order valence-electron chi connectivity index (χ3n) is 4.90. The SMILES string of the molecule is Cc1ccc(-c2ccc(=O)n(C(C)C(=O)Nc3cccc(Cl)c3C)n2)cc1C. The largest absolute Gasteiger partial charge is 0.324 e. The summed E-state index contributed by atoms with van der Waals surface area (Å²) in [7, 11) is 0. The molecule has 0 aliphatic carbocycles. The number of aromatic nitrogens is 2. The van der Waals surface area contributed by atoms with Crippen LogP contribution in [0.3, 0.4) is 0 Å². The minimum Gasteiger partial charge on any atom is -0.324 e. The fourth-order valence-electron chi connectivity index (χ4n) is 2.85. The maximum absolute atomic E-state index is 12.7. The van der Waals surface area contributed by atoms with Crippen molar-refractivity contribution in [3.8, 4) is 11.3 Å². The highest BCUT2D eigenvalue weighted by molar-refractivity contribution is 6.31. The van der Waals surface area contributed by atoms with E-state index in [0.29, 0.717) is 16.4 Å². The van der Waals surface area contributed by atoms with E-state index in [0.717, 1.165) is 16.7 Å². The van der Waals surface area contributed by atoms with E-state index in [1.54, 1.807) is 31.2 Å². The van der Waals surface area contributed by atoms with E-state index in [2.05, 4.69) is 10.4 Å². The van der Waals surface area contributed by atoms with E-state index in [9.17, 15) is 9.59 Å². The number of rotatable bonds is 4. The van der Waals surface area contributed by atoms with E-state index in [4.69, 9.17) is 11.6 Å². The highest BCUT2D eigenvalue weighted by Gasteiger charge is 2.19. The van der Waals surface area contributed by atoms with Crippen molar-refractivity contribution in [1.82, 2.24) is 9.78 Å².